The van der Waals surface area contributed by atoms with Gasteiger partial charge in [0, 0.05) is 0 Å². The minimum absolute atomic E-state index is 0.290. The van der Waals surface area contributed by atoms with E-state index in [9.17, 15) is 14.4 Å². The van der Waals surface area contributed by atoms with Gasteiger partial charge < -0.3 is 14.2 Å². The second kappa shape index (κ2) is 12.9. The van der Waals surface area contributed by atoms with Crippen molar-refractivity contribution in [2.45, 2.75) is 33.1 Å². The van der Waals surface area contributed by atoms with Gasteiger partial charge in [-0.25, -0.2) is 4.79 Å². The van der Waals surface area contributed by atoms with Gasteiger partial charge in [-0.15, -0.1) is 0 Å². The molecule has 0 aliphatic rings. The Morgan fingerprint density at radius 1 is 0.871 bits per heavy atom. The van der Waals surface area contributed by atoms with Crippen molar-refractivity contribution in [1.82, 2.24) is 10.9 Å². The molecule has 2 rings (SSSR count). The van der Waals surface area contributed by atoms with Gasteiger partial charge in [-0.05, 0) is 49.7 Å². The fourth-order valence-corrected chi connectivity index (χ4v) is 2.59. The van der Waals surface area contributed by atoms with Gasteiger partial charge >= 0.3 is 5.97 Å². The molecule has 0 heterocycles. The Hall–Kier alpha value is -3.55. The Morgan fingerprint density at radius 3 is 2.32 bits per heavy atom. The highest BCUT2D eigenvalue weighted by molar-refractivity contribution is 5.97. The molecule has 8 nitrogen and oxygen atoms in total. The number of hydrogen-bond donors (Lipinski definition) is 2. The van der Waals surface area contributed by atoms with Gasteiger partial charge in [-0.1, -0.05) is 31.9 Å². The number of carbonyl (C=O) groups excluding carboxylic acids is 3. The van der Waals surface area contributed by atoms with E-state index < -0.39 is 17.8 Å². The molecule has 0 atom stereocenters. The van der Waals surface area contributed by atoms with Crippen LogP contribution in [0.2, 0.25) is 0 Å². The van der Waals surface area contributed by atoms with Crippen LogP contribution < -0.4 is 20.3 Å². The lowest BCUT2D eigenvalue weighted by molar-refractivity contribution is -0.123. The molecule has 0 aliphatic heterocycles. The van der Waals surface area contributed by atoms with Crippen molar-refractivity contribution in [3.8, 4) is 11.5 Å². The predicted molar refractivity (Wildman–Crippen MR) is 115 cm³/mol. The highest BCUT2D eigenvalue weighted by Crippen LogP contribution is 2.18. The average Bonchev–Trinajstić information content (AvgIpc) is 2.79. The van der Waals surface area contributed by atoms with Crippen molar-refractivity contribution in [3.63, 3.8) is 0 Å². The summed E-state index contributed by atoms with van der Waals surface area (Å²) in [5.74, 6) is -0.588. The first kappa shape index (κ1) is 23.7. The van der Waals surface area contributed by atoms with Crippen molar-refractivity contribution >= 4 is 17.8 Å². The SMILES string of the molecule is CCCCCOc1ccccc1C(=O)NNC(=O)COc1ccc(C(=O)OCC)cc1. The van der Waals surface area contributed by atoms with Crippen molar-refractivity contribution in [1.29, 1.82) is 0 Å². The second-order valence-electron chi connectivity index (χ2n) is 6.59. The number of carbonyl (C=O) groups is 3. The number of para-hydroxylation sites is 1. The molecule has 2 N–H and O–H groups in total. The molecule has 0 aliphatic carbocycles. The van der Waals surface area contributed by atoms with Crippen LogP contribution in [0.1, 0.15) is 53.8 Å². The van der Waals surface area contributed by atoms with Crippen LogP contribution >= 0.6 is 0 Å². The molecular formula is C23H28N2O6. The highest BCUT2D eigenvalue weighted by atomic mass is 16.5. The standard InChI is InChI=1S/C23H28N2O6/c1-3-5-8-15-30-20-10-7-6-9-19(20)22(27)25-24-21(26)16-31-18-13-11-17(12-14-18)23(28)29-4-2/h6-7,9-14H,3-5,8,15-16H2,1-2H3,(H,24,26)(H,25,27). The van der Waals surface area contributed by atoms with Crippen LogP contribution in [-0.2, 0) is 9.53 Å². The molecule has 8 heteroatoms. The molecule has 0 aromatic heterocycles. The van der Waals surface area contributed by atoms with Crippen LogP contribution in [0.5, 0.6) is 11.5 Å². The number of hydrogen-bond acceptors (Lipinski definition) is 6. The van der Waals surface area contributed by atoms with E-state index in [1.165, 1.54) is 0 Å². The lowest BCUT2D eigenvalue weighted by Gasteiger charge is -2.12. The van der Waals surface area contributed by atoms with E-state index in [4.69, 9.17) is 14.2 Å². The molecule has 0 fully saturated rings. The van der Waals surface area contributed by atoms with Crippen LogP contribution in [0.15, 0.2) is 48.5 Å². The summed E-state index contributed by atoms with van der Waals surface area (Å²) in [7, 11) is 0. The van der Waals surface area contributed by atoms with Gasteiger partial charge in [-0.2, -0.15) is 0 Å². The number of rotatable bonds is 11. The van der Waals surface area contributed by atoms with E-state index in [0.29, 0.717) is 35.8 Å². The number of nitrogens with one attached hydrogen (secondary N) is 2. The van der Waals surface area contributed by atoms with Crippen LogP contribution in [0.4, 0.5) is 0 Å². The molecule has 0 spiro atoms. The van der Waals surface area contributed by atoms with Crippen molar-refractivity contribution in [2.24, 2.45) is 0 Å². The second-order valence-corrected chi connectivity index (χ2v) is 6.59. The molecule has 0 radical (unpaired) electrons. The first-order valence-electron chi connectivity index (χ1n) is 10.3. The van der Waals surface area contributed by atoms with Crippen molar-refractivity contribution in [2.75, 3.05) is 19.8 Å². The van der Waals surface area contributed by atoms with Crippen LogP contribution in [0.25, 0.3) is 0 Å². The minimum atomic E-state index is -0.538. The number of unbranched alkanes of at least 4 members (excludes halogenated alkanes) is 2. The Kier molecular flexibility index (Phi) is 9.87. The first-order chi connectivity index (χ1) is 15.0. The summed E-state index contributed by atoms with van der Waals surface area (Å²) in [6.07, 6.45) is 3.03. The molecule has 2 amide bonds. The zero-order chi connectivity index (χ0) is 22.5. The fourth-order valence-electron chi connectivity index (χ4n) is 2.59. The van der Waals surface area contributed by atoms with Crippen molar-refractivity contribution < 1.29 is 28.6 Å². The number of ether oxygens (including phenoxy) is 3. The third-order valence-electron chi connectivity index (χ3n) is 4.19. The van der Waals surface area contributed by atoms with Gasteiger partial charge in [-0.3, -0.25) is 20.4 Å². The smallest absolute Gasteiger partial charge is 0.338 e. The maximum absolute atomic E-state index is 12.4. The minimum Gasteiger partial charge on any atom is -0.493 e. The predicted octanol–water partition coefficient (Wildman–Crippen LogP) is 3.27. The number of esters is 1. The lowest BCUT2D eigenvalue weighted by Crippen LogP contribution is -2.43. The zero-order valence-corrected chi connectivity index (χ0v) is 17.8. The topological polar surface area (TPSA) is 103 Å². The molecule has 0 saturated carbocycles. The number of benzene rings is 2. The third kappa shape index (κ3) is 8.00. The van der Waals surface area contributed by atoms with E-state index in [1.807, 2.05) is 0 Å². The highest BCUT2D eigenvalue weighted by Gasteiger charge is 2.13. The monoisotopic (exact) mass is 428 g/mol. The summed E-state index contributed by atoms with van der Waals surface area (Å²) in [6, 6.07) is 13.1. The van der Waals surface area contributed by atoms with E-state index in [1.54, 1.807) is 55.5 Å². The first-order valence-corrected chi connectivity index (χ1v) is 10.3. The molecule has 2 aromatic rings. The maximum atomic E-state index is 12.4. The molecule has 31 heavy (non-hydrogen) atoms. The molecule has 2 aromatic carbocycles. The maximum Gasteiger partial charge on any atom is 0.338 e. The largest absolute Gasteiger partial charge is 0.493 e. The summed E-state index contributed by atoms with van der Waals surface area (Å²) in [5, 5.41) is 0. The van der Waals surface area contributed by atoms with Gasteiger partial charge in [0.05, 0.1) is 24.3 Å². The molecule has 0 unspecified atom stereocenters. The van der Waals surface area contributed by atoms with Crippen LogP contribution in [-0.4, -0.2) is 37.6 Å². The zero-order valence-electron chi connectivity index (χ0n) is 17.8. The summed E-state index contributed by atoms with van der Waals surface area (Å²) in [4.78, 5) is 36.0. The molecule has 0 saturated heterocycles. The summed E-state index contributed by atoms with van der Waals surface area (Å²) in [5.41, 5.74) is 5.38. The van der Waals surface area contributed by atoms with E-state index >= 15 is 0 Å². The van der Waals surface area contributed by atoms with E-state index in [2.05, 4.69) is 17.8 Å². The number of amides is 2. The molecular weight excluding hydrogens is 400 g/mol. The van der Waals surface area contributed by atoms with E-state index in [0.717, 1.165) is 19.3 Å². The fraction of sp³-hybridized carbons (Fsp3) is 0.348. The summed E-state index contributed by atoms with van der Waals surface area (Å²) < 4.78 is 15.9. The number of hydrazine groups is 1. The Labute approximate surface area is 181 Å². The summed E-state index contributed by atoms with van der Waals surface area (Å²) in [6.45, 7) is 4.33. The van der Waals surface area contributed by atoms with Crippen LogP contribution in [0, 0.1) is 0 Å². The Balaban J connectivity index is 1.79. The van der Waals surface area contributed by atoms with E-state index in [-0.39, 0.29) is 6.61 Å². The van der Waals surface area contributed by atoms with Gasteiger partial charge in [0.2, 0.25) is 0 Å². The normalized spacial score (nSPS) is 10.1. The van der Waals surface area contributed by atoms with Crippen LogP contribution in [0.3, 0.4) is 0 Å². The van der Waals surface area contributed by atoms with Crippen molar-refractivity contribution in [3.05, 3.63) is 59.7 Å². The Bertz CT molecular complexity index is 867. The molecule has 166 valence electrons. The average molecular weight is 428 g/mol. The van der Waals surface area contributed by atoms with Gasteiger partial charge in [0.25, 0.3) is 11.8 Å². The summed E-state index contributed by atoms with van der Waals surface area (Å²) >= 11 is 0. The van der Waals surface area contributed by atoms with Gasteiger partial charge in [0.1, 0.15) is 11.5 Å². The molecule has 0 bridgehead atoms. The Morgan fingerprint density at radius 2 is 1.61 bits per heavy atom. The lowest BCUT2D eigenvalue weighted by atomic mass is 10.2. The third-order valence-corrected chi connectivity index (χ3v) is 4.19. The quantitative estimate of drug-likeness (QED) is 0.323. The van der Waals surface area contributed by atoms with Gasteiger partial charge in [0.15, 0.2) is 6.61 Å².